The molecule has 1 unspecified atom stereocenters. The number of nitrogens with two attached hydrogens (primary N) is 1. The molecular formula is C14H27N3O3. The molecule has 116 valence electrons. The number of hydrogen-bond donors (Lipinski definition) is 2. The first-order valence-electron chi connectivity index (χ1n) is 7.46. The van der Waals surface area contributed by atoms with Gasteiger partial charge in [-0.1, -0.05) is 0 Å². The minimum atomic E-state index is -0.249. The summed E-state index contributed by atoms with van der Waals surface area (Å²) in [6, 6.07) is 0.260. The van der Waals surface area contributed by atoms with Crippen LogP contribution in [0.1, 0.15) is 26.7 Å². The first-order chi connectivity index (χ1) is 9.48. The normalized spacial score (nSPS) is 28.2. The zero-order valence-corrected chi connectivity index (χ0v) is 12.6. The van der Waals surface area contributed by atoms with E-state index in [2.05, 4.69) is 10.2 Å². The van der Waals surface area contributed by atoms with Crippen molar-refractivity contribution in [1.82, 2.24) is 10.2 Å². The van der Waals surface area contributed by atoms with Gasteiger partial charge in [0.2, 0.25) is 5.91 Å². The van der Waals surface area contributed by atoms with Gasteiger partial charge in [0.05, 0.1) is 18.2 Å². The van der Waals surface area contributed by atoms with Crippen molar-refractivity contribution in [3.63, 3.8) is 0 Å². The zero-order chi connectivity index (χ0) is 14.6. The smallest absolute Gasteiger partial charge is 0.234 e. The fourth-order valence-corrected chi connectivity index (χ4v) is 2.98. The van der Waals surface area contributed by atoms with Crippen LogP contribution in [-0.4, -0.2) is 67.9 Å². The lowest BCUT2D eigenvalue weighted by Crippen LogP contribution is -2.57. The number of nitrogens with zero attached hydrogens (tertiary/aromatic N) is 1. The van der Waals surface area contributed by atoms with E-state index < -0.39 is 0 Å². The van der Waals surface area contributed by atoms with E-state index in [4.69, 9.17) is 15.2 Å². The van der Waals surface area contributed by atoms with Crippen LogP contribution in [0.4, 0.5) is 0 Å². The first-order valence-corrected chi connectivity index (χ1v) is 7.46. The van der Waals surface area contributed by atoms with Crippen molar-refractivity contribution in [3.8, 4) is 0 Å². The van der Waals surface area contributed by atoms with Gasteiger partial charge in [-0.25, -0.2) is 0 Å². The highest BCUT2D eigenvalue weighted by atomic mass is 16.5. The number of morpholine rings is 1. The SMILES string of the molecule is CC1(C)CN(CC(=O)NC2CCOCC2)CC(CN)O1. The van der Waals surface area contributed by atoms with Gasteiger partial charge in [0, 0.05) is 38.9 Å². The van der Waals surface area contributed by atoms with Gasteiger partial charge in [-0.05, 0) is 26.7 Å². The van der Waals surface area contributed by atoms with Crippen molar-refractivity contribution in [1.29, 1.82) is 0 Å². The Labute approximate surface area is 121 Å². The van der Waals surface area contributed by atoms with Crippen molar-refractivity contribution in [2.24, 2.45) is 5.73 Å². The molecule has 2 heterocycles. The van der Waals surface area contributed by atoms with Crippen LogP contribution < -0.4 is 11.1 Å². The summed E-state index contributed by atoms with van der Waals surface area (Å²) in [5, 5.41) is 3.09. The average Bonchev–Trinajstić information content (AvgIpc) is 2.37. The summed E-state index contributed by atoms with van der Waals surface area (Å²) >= 11 is 0. The van der Waals surface area contributed by atoms with Gasteiger partial charge in [-0.15, -0.1) is 0 Å². The number of rotatable bonds is 4. The topological polar surface area (TPSA) is 76.8 Å². The summed E-state index contributed by atoms with van der Waals surface area (Å²) in [6.45, 7) is 7.94. The molecule has 0 bridgehead atoms. The summed E-state index contributed by atoms with van der Waals surface area (Å²) in [7, 11) is 0. The van der Waals surface area contributed by atoms with E-state index in [-0.39, 0.29) is 23.7 Å². The lowest BCUT2D eigenvalue weighted by Gasteiger charge is -2.42. The van der Waals surface area contributed by atoms with Gasteiger partial charge in [0.1, 0.15) is 0 Å². The van der Waals surface area contributed by atoms with Crippen molar-refractivity contribution >= 4 is 5.91 Å². The van der Waals surface area contributed by atoms with Gasteiger partial charge < -0.3 is 20.5 Å². The maximum Gasteiger partial charge on any atom is 0.234 e. The van der Waals surface area contributed by atoms with E-state index in [0.29, 0.717) is 13.1 Å². The van der Waals surface area contributed by atoms with Crippen LogP contribution in [0.2, 0.25) is 0 Å². The maximum atomic E-state index is 12.1. The fourth-order valence-electron chi connectivity index (χ4n) is 2.98. The van der Waals surface area contributed by atoms with Crippen LogP contribution in [0.5, 0.6) is 0 Å². The molecule has 20 heavy (non-hydrogen) atoms. The third-order valence-corrected chi connectivity index (χ3v) is 3.77. The number of ether oxygens (including phenoxy) is 2. The number of hydrogen-bond acceptors (Lipinski definition) is 5. The summed E-state index contributed by atoms with van der Waals surface area (Å²) in [5.74, 6) is 0.0883. The molecule has 2 aliphatic heterocycles. The Hall–Kier alpha value is -0.690. The number of carbonyl (C=O) groups excluding carboxylic acids is 1. The van der Waals surface area contributed by atoms with Gasteiger partial charge >= 0.3 is 0 Å². The molecule has 6 nitrogen and oxygen atoms in total. The van der Waals surface area contributed by atoms with Gasteiger partial charge in [0.15, 0.2) is 0 Å². The Kier molecular flexibility index (Phi) is 5.37. The molecule has 1 amide bonds. The molecule has 0 aromatic heterocycles. The molecule has 0 aromatic carbocycles. The molecule has 0 aromatic rings. The highest BCUT2D eigenvalue weighted by Gasteiger charge is 2.33. The fraction of sp³-hybridized carbons (Fsp3) is 0.929. The molecule has 6 heteroatoms. The largest absolute Gasteiger partial charge is 0.381 e. The summed E-state index contributed by atoms with van der Waals surface area (Å²) in [6.07, 6.45) is 1.83. The molecule has 0 saturated carbocycles. The van der Waals surface area contributed by atoms with Crippen LogP contribution in [0.3, 0.4) is 0 Å². The van der Waals surface area contributed by atoms with Crippen LogP contribution in [0, 0.1) is 0 Å². The average molecular weight is 285 g/mol. The Morgan fingerprint density at radius 3 is 2.75 bits per heavy atom. The van der Waals surface area contributed by atoms with Crippen molar-refractivity contribution in [2.45, 2.75) is 44.4 Å². The van der Waals surface area contributed by atoms with Crippen molar-refractivity contribution in [2.75, 3.05) is 39.4 Å². The Balaban J connectivity index is 1.80. The molecule has 2 aliphatic rings. The van der Waals surface area contributed by atoms with E-state index in [1.165, 1.54) is 0 Å². The van der Waals surface area contributed by atoms with E-state index >= 15 is 0 Å². The number of amides is 1. The predicted molar refractivity (Wildman–Crippen MR) is 76.4 cm³/mol. The first kappa shape index (κ1) is 15.7. The molecule has 1 atom stereocenters. The number of nitrogens with one attached hydrogen (secondary N) is 1. The standard InChI is InChI=1S/C14H27N3O3/c1-14(2)10-17(8-12(7-15)20-14)9-13(18)16-11-3-5-19-6-4-11/h11-12H,3-10,15H2,1-2H3,(H,16,18). The molecule has 0 aliphatic carbocycles. The molecule has 0 spiro atoms. The summed E-state index contributed by atoms with van der Waals surface area (Å²) in [5.41, 5.74) is 5.45. The lowest BCUT2D eigenvalue weighted by atomic mass is 10.0. The quantitative estimate of drug-likeness (QED) is 0.743. The zero-order valence-electron chi connectivity index (χ0n) is 12.6. The third-order valence-electron chi connectivity index (χ3n) is 3.77. The second kappa shape index (κ2) is 6.85. The Morgan fingerprint density at radius 1 is 1.40 bits per heavy atom. The maximum absolute atomic E-state index is 12.1. The second-order valence-corrected chi connectivity index (χ2v) is 6.36. The molecule has 2 rings (SSSR count). The van der Waals surface area contributed by atoms with Crippen LogP contribution in [-0.2, 0) is 14.3 Å². The summed E-state index contributed by atoms with van der Waals surface area (Å²) in [4.78, 5) is 14.3. The van der Waals surface area contributed by atoms with E-state index in [1.807, 2.05) is 13.8 Å². The molecule has 3 N–H and O–H groups in total. The van der Waals surface area contributed by atoms with Crippen molar-refractivity contribution < 1.29 is 14.3 Å². The highest BCUT2D eigenvalue weighted by Crippen LogP contribution is 2.20. The van der Waals surface area contributed by atoms with Crippen LogP contribution >= 0.6 is 0 Å². The highest BCUT2D eigenvalue weighted by molar-refractivity contribution is 5.78. The second-order valence-electron chi connectivity index (χ2n) is 6.36. The minimum Gasteiger partial charge on any atom is -0.381 e. The monoisotopic (exact) mass is 285 g/mol. The Morgan fingerprint density at radius 2 is 2.10 bits per heavy atom. The van der Waals surface area contributed by atoms with E-state index in [0.717, 1.165) is 39.1 Å². The summed E-state index contributed by atoms with van der Waals surface area (Å²) < 4.78 is 11.2. The van der Waals surface area contributed by atoms with Gasteiger partial charge in [-0.2, -0.15) is 0 Å². The van der Waals surface area contributed by atoms with Gasteiger partial charge in [0.25, 0.3) is 0 Å². The Bertz CT molecular complexity index is 330. The molecule has 2 fully saturated rings. The molecule has 0 radical (unpaired) electrons. The van der Waals surface area contributed by atoms with Crippen LogP contribution in [0.15, 0.2) is 0 Å². The number of carbonyl (C=O) groups is 1. The lowest BCUT2D eigenvalue weighted by molar-refractivity contribution is -0.141. The van der Waals surface area contributed by atoms with Crippen molar-refractivity contribution in [3.05, 3.63) is 0 Å². The molecular weight excluding hydrogens is 258 g/mol. The van der Waals surface area contributed by atoms with E-state index in [9.17, 15) is 4.79 Å². The third kappa shape index (κ3) is 4.70. The van der Waals surface area contributed by atoms with Crippen LogP contribution in [0.25, 0.3) is 0 Å². The van der Waals surface area contributed by atoms with E-state index in [1.54, 1.807) is 0 Å². The van der Waals surface area contributed by atoms with Gasteiger partial charge in [-0.3, -0.25) is 9.69 Å². The predicted octanol–water partition coefficient (Wildman–Crippen LogP) is -0.280. The minimum absolute atomic E-state index is 0.00892. The molecule has 2 saturated heterocycles.